The number of pyridine rings is 1. The van der Waals surface area contributed by atoms with Crippen molar-refractivity contribution in [2.75, 3.05) is 12.0 Å². The maximum atomic E-state index is 4.10. The Morgan fingerprint density at radius 1 is 1.00 bits per heavy atom. The first-order chi connectivity index (χ1) is 9.85. The lowest BCUT2D eigenvalue weighted by Gasteiger charge is -2.25. The molecule has 2 rings (SSSR count). The second-order valence-electron chi connectivity index (χ2n) is 4.83. The lowest BCUT2D eigenvalue weighted by atomic mass is 10.0. The van der Waals surface area contributed by atoms with Gasteiger partial charge in [0.15, 0.2) is 0 Å². The number of hydrogen-bond acceptors (Lipinski definition) is 3. The van der Waals surface area contributed by atoms with Crippen molar-refractivity contribution in [2.45, 2.75) is 25.4 Å². The molecule has 2 nitrogen and oxygen atoms in total. The van der Waals surface area contributed by atoms with Crippen molar-refractivity contribution in [1.29, 1.82) is 0 Å². The van der Waals surface area contributed by atoms with Gasteiger partial charge < -0.3 is 5.32 Å². The first-order valence-corrected chi connectivity index (χ1v) is 8.44. The highest BCUT2D eigenvalue weighted by Gasteiger charge is 2.16. The molecule has 0 saturated carbocycles. The summed E-state index contributed by atoms with van der Waals surface area (Å²) in [5, 5.41) is 3.79. The van der Waals surface area contributed by atoms with Crippen molar-refractivity contribution in [3.63, 3.8) is 0 Å². The highest BCUT2D eigenvalue weighted by atomic mass is 32.2. The van der Waals surface area contributed by atoms with Crippen LogP contribution >= 0.6 is 11.8 Å². The largest absolute Gasteiger partial charge is 0.302 e. The van der Waals surface area contributed by atoms with Gasteiger partial charge in [-0.2, -0.15) is 11.8 Å². The van der Waals surface area contributed by atoms with Gasteiger partial charge in [-0.3, -0.25) is 4.98 Å². The van der Waals surface area contributed by atoms with Crippen LogP contribution in [0.5, 0.6) is 0 Å². The van der Waals surface area contributed by atoms with E-state index < -0.39 is 0 Å². The van der Waals surface area contributed by atoms with Crippen LogP contribution in [-0.2, 0) is 0 Å². The third-order valence-electron chi connectivity index (χ3n) is 3.45. The van der Waals surface area contributed by atoms with E-state index in [1.54, 1.807) is 0 Å². The average molecular weight is 286 g/mol. The molecular weight excluding hydrogens is 264 g/mol. The summed E-state index contributed by atoms with van der Waals surface area (Å²) in [6, 6.07) is 15.6. The molecule has 106 valence electrons. The summed E-state index contributed by atoms with van der Waals surface area (Å²) in [5.74, 6) is 1.07. The maximum Gasteiger partial charge on any atom is 0.0416 e. The van der Waals surface area contributed by atoms with E-state index in [2.05, 4.69) is 65.9 Å². The second kappa shape index (κ2) is 8.08. The number of hydrogen-bond donors (Lipinski definition) is 1. The first kappa shape index (κ1) is 15.1. The molecule has 0 aliphatic rings. The number of nitrogens with zero attached hydrogens (tertiary/aromatic N) is 1. The third kappa shape index (κ3) is 4.09. The van der Waals surface area contributed by atoms with Gasteiger partial charge in [0.05, 0.1) is 0 Å². The summed E-state index contributed by atoms with van der Waals surface area (Å²) in [6.07, 6.45) is 6.96. The minimum absolute atomic E-state index is 0.371. The highest BCUT2D eigenvalue weighted by molar-refractivity contribution is 7.98. The fraction of sp³-hybridized carbons (Fsp3) is 0.353. The van der Waals surface area contributed by atoms with Crippen LogP contribution < -0.4 is 5.32 Å². The Bertz CT molecular complexity index is 487. The molecule has 0 bridgehead atoms. The molecule has 20 heavy (non-hydrogen) atoms. The van der Waals surface area contributed by atoms with Gasteiger partial charge in [0.2, 0.25) is 0 Å². The van der Waals surface area contributed by atoms with Crippen molar-refractivity contribution in [3.05, 3.63) is 66.0 Å². The van der Waals surface area contributed by atoms with Crippen LogP contribution in [0.3, 0.4) is 0 Å². The summed E-state index contributed by atoms with van der Waals surface area (Å²) in [5.41, 5.74) is 2.67. The molecule has 0 fully saturated rings. The van der Waals surface area contributed by atoms with E-state index in [-0.39, 0.29) is 0 Å². The monoisotopic (exact) mass is 286 g/mol. The SMILES string of the molecule is CC[C@@H](N[C@@H](CSC)c1ccccc1)c1ccncc1. The van der Waals surface area contributed by atoms with E-state index in [4.69, 9.17) is 0 Å². The van der Waals surface area contributed by atoms with Gasteiger partial charge in [0, 0.05) is 30.2 Å². The molecule has 2 atom stereocenters. The third-order valence-corrected chi connectivity index (χ3v) is 4.12. The van der Waals surface area contributed by atoms with E-state index >= 15 is 0 Å². The van der Waals surface area contributed by atoms with Crippen LogP contribution in [0, 0.1) is 0 Å². The lowest BCUT2D eigenvalue weighted by Crippen LogP contribution is -2.27. The molecular formula is C17H22N2S. The zero-order chi connectivity index (χ0) is 14.2. The van der Waals surface area contributed by atoms with Gasteiger partial charge in [-0.1, -0.05) is 37.3 Å². The van der Waals surface area contributed by atoms with Crippen LogP contribution in [0.15, 0.2) is 54.9 Å². The van der Waals surface area contributed by atoms with Gasteiger partial charge in [0.25, 0.3) is 0 Å². The molecule has 0 radical (unpaired) electrons. The minimum Gasteiger partial charge on any atom is -0.302 e. The maximum absolute atomic E-state index is 4.10. The van der Waals surface area contributed by atoms with Crippen LogP contribution in [0.2, 0.25) is 0 Å². The van der Waals surface area contributed by atoms with Gasteiger partial charge in [-0.15, -0.1) is 0 Å². The molecule has 0 spiro atoms. The summed E-state index contributed by atoms with van der Waals surface area (Å²) in [7, 11) is 0. The standard InChI is InChI=1S/C17H22N2S/c1-3-16(15-9-11-18-12-10-15)19-17(13-20-2)14-7-5-4-6-8-14/h4-12,16-17,19H,3,13H2,1-2H3/t16-,17+/m1/s1. The quantitative estimate of drug-likeness (QED) is 0.824. The summed E-state index contributed by atoms with van der Waals surface area (Å²) in [4.78, 5) is 4.10. The number of thioether (sulfide) groups is 1. The number of aromatic nitrogens is 1. The molecule has 2 aromatic rings. The Morgan fingerprint density at radius 2 is 1.65 bits per heavy atom. The summed E-state index contributed by atoms with van der Waals surface area (Å²) < 4.78 is 0. The molecule has 0 aliphatic heterocycles. The molecule has 1 N–H and O–H groups in total. The summed E-state index contributed by atoms with van der Waals surface area (Å²) in [6.45, 7) is 2.22. The van der Waals surface area contributed by atoms with Crippen molar-refractivity contribution in [1.82, 2.24) is 10.3 Å². The molecule has 1 aromatic carbocycles. The Labute approximate surface area is 126 Å². The normalized spacial score (nSPS) is 13.9. The second-order valence-corrected chi connectivity index (χ2v) is 5.74. The van der Waals surface area contributed by atoms with Crippen LogP contribution in [-0.4, -0.2) is 17.0 Å². The van der Waals surface area contributed by atoms with Crippen LogP contribution in [0.4, 0.5) is 0 Å². The Balaban J connectivity index is 2.14. The first-order valence-electron chi connectivity index (χ1n) is 7.05. The Kier molecular flexibility index (Phi) is 6.09. The van der Waals surface area contributed by atoms with Crippen molar-refractivity contribution >= 4 is 11.8 Å². The Morgan fingerprint density at radius 3 is 2.25 bits per heavy atom. The van der Waals surface area contributed by atoms with Crippen LogP contribution in [0.1, 0.15) is 36.6 Å². The van der Waals surface area contributed by atoms with E-state index in [0.717, 1.165) is 12.2 Å². The van der Waals surface area contributed by atoms with Crippen molar-refractivity contribution in [3.8, 4) is 0 Å². The van der Waals surface area contributed by atoms with Gasteiger partial charge >= 0.3 is 0 Å². The lowest BCUT2D eigenvalue weighted by molar-refractivity contribution is 0.460. The predicted octanol–water partition coefficient (Wildman–Crippen LogP) is 4.23. The fourth-order valence-corrected chi connectivity index (χ4v) is 3.00. The molecule has 1 heterocycles. The predicted molar refractivity (Wildman–Crippen MR) is 88.0 cm³/mol. The van der Waals surface area contributed by atoms with E-state index in [0.29, 0.717) is 12.1 Å². The van der Waals surface area contributed by atoms with Crippen molar-refractivity contribution < 1.29 is 0 Å². The van der Waals surface area contributed by atoms with Gasteiger partial charge in [-0.05, 0) is 35.9 Å². The number of nitrogens with one attached hydrogen (secondary N) is 1. The number of benzene rings is 1. The molecule has 0 saturated heterocycles. The molecule has 0 amide bonds. The van der Waals surface area contributed by atoms with Crippen molar-refractivity contribution in [2.24, 2.45) is 0 Å². The zero-order valence-corrected chi connectivity index (χ0v) is 12.9. The molecule has 0 aliphatic carbocycles. The molecule has 3 heteroatoms. The van der Waals surface area contributed by atoms with Gasteiger partial charge in [0.1, 0.15) is 0 Å². The van der Waals surface area contributed by atoms with E-state index in [1.165, 1.54) is 11.1 Å². The average Bonchev–Trinajstić information content (AvgIpc) is 2.53. The molecule has 1 aromatic heterocycles. The smallest absolute Gasteiger partial charge is 0.0416 e. The number of rotatable bonds is 7. The van der Waals surface area contributed by atoms with E-state index in [1.807, 2.05) is 24.2 Å². The van der Waals surface area contributed by atoms with Gasteiger partial charge in [-0.25, -0.2) is 0 Å². The van der Waals surface area contributed by atoms with Crippen LogP contribution in [0.25, 0.3) is 0 Å². The molecule has 0 unspecified atom stereocenters. The van der Waals surface area contributed by atoms with E-state index in [9.17, 15) is 0 Å². The minimum atomic E-state index is 0.371. The topological polar surface area (TPSA) is 24.9 Å². The highest BCUT2D eigenvalue weighted by Crippen LogP contribution is 2.24. The zero-order valence-electron chi connectivity index (χ0n) is 12.1. The Hall–Kier alpha value is -1.32. The fourth-order valence-electron chi connectivity index (χ4n) is 2.38. The summed E-state index contributed by atoms with van der Waals surface area (Å²) >= 11 is 1.88.